The van der Waals surface area contributed by atoms with E-state index in [1.807, 2.05) is 12.2 Å². The molecule has 1 aliphatic heterocycles. The third-order valence-corrected chi connectivity index (χ3v) is 3.67. The van der Waals surface area contributed by atoms with Gasteiger partial charge in [-0.1, -0.05) is 18.6 Å². The van der Waals surface area contributed by atoms with Gasteiger partial charge in [0, 0.05) is 5.70 Å². The van der Waals surface area contributed by atoms with E-state index in [4.69, 9.17) is 16.3 Å². The summed E-state index contributed by atoms with van der Waals surface area (Å²) < 4.78 is 5.52. The van der Waals surface area contributed by atoms with Gasteiger partial charge in [0.25, 0.3) is 0 Å². The second-order valence-electron chi connectivity index (χ2n) is 4.74. The number of hydrogen-bond donors (Lipinski definition) is 0. The lowest BCUT2D eigenvalue weighted by atomic mass is 10.1. The van der Waals surface area contributed by atoms with E-state index in [-0.39, 0.29) is 18.0 Å². The summed E-state index contributed by atoms with van der Waals surface area (Å²) in [7, 11) is 0. The second-order valence-corrected chi connectivity index (χ2v) is 5.01. The van der Waals surface area contributed by atoms with Gasteiger partial charge in [-0.05, 0) is 37.8 Å². The number of ether oxygens (including phenoxy) is 1. The van der Waals surface area contributed by atoms with Crippen molar-refractivity contribution in [2.24, 2.45) is 5.92 Å². The van der Waals surface area contributed by atoms with Gasteiger partial charge in [-0.25, -0.2) is 0 Å². The Balaban J connectivity index is 2.31. The van der Waals surface area contributed by atoms with E-state index in [1.165, 1.54) is 5.57 Å². The normalized spacial score (nSPS) is 26.4. The van der Waals surface area contributed by atoms with Crippen molar-refractivity contribution in [2.45, 2.75) is 32.9 Å². The zero-order valence-electron chi connectivity index (χ0n) is 10.7. The van der Waals surface area contributed by atoms with E-state index in [0.717, 1.165) is 18.5 Å². The number of halogens is 1. The molecule has 1 aliphatic carbocycles. The molecule has 0 saturated carbocycles. The highest BCUT2D eigenvalue weighted by atomic mass is 35.5. The first-order valence-electron chi connectivity index (χ1n) is 6.21. The Hall–Kier alpha value is -1.22. The zero-order chi connectivity index (χ0) is 13.1. The molecular formula is C14H18ClNO2. The molecule has 1 heterocycles. The van der Waals surface area contributed by atoms with Crippen LogP contribution in [0.15, 0.2) is 35.8 Å². The third-order valence-electron chi connectivity index (χ3n) is 3.44. The predicted octanol–water partition coefficient (Wildman–Crippen LogP) is 3.18. The fourth-order valence-electron chi connectivity index (χ4n) is 2.56. The van der Waals surface area contributed by atoms with Gasteiger partial charge in [0.1, 0.15) is 5.88 Å². The number of alkyl halides is 1. The first-order chi connectivity index (χ1) is 8.65. The van der Waals surface area contributed by atoms with Crippen molar-refractivity contribution in [2.75, 3.05) is 5.88 Å². The Morgan fingerprint density at radius 1 is 1.56 bits per heavy atom. The maximum atomic E-state index is 12.1. The van der Waals surface area contributed by atoms with Crippen LogP contribution in [0.2, 0.25) is 0 Å². The van der Waals surface area contributed by atoms with Crippen LogP contribution in [-0.4, -0.2) is 22.9 Å². The zero-order valence-corrected chi connectivity index (χ0v) is 11.5. The summed E-state index contributed by atoms with van der Waals surface area (Å²) in [5.74, 6) is 0.241. The van der Waals surface area contributed by atoms with Gasteiger partial charge in [-0.2, -0.15) is 0 Å². The minimum absolute atomic E-state index is 0.0269. The molecule has 1 amide bonds. The summed E-state index contributed by atoms with van der Waals surface area (Å²) >= 11 is 5.73. The molecule has 0 N–H and O–H groups in total. The van der Waals surface area contributed by atoms with Crippen LogP contribution in [0.1, 0.15) is 26.7 Å². The van der Waals surface area contributed by atoms with Gasteiger partial charge >= 0.3 is 0 Å². The molecule has 2 rings (SSSR count). The van der Waals surface area contributed by atoms with Crippen LogP contribution in [0.5, 0.6) is 0 Å². The molecule has 0 aromatic carbocycles. The van der Waals surface area contributed by atoms with E-state index in [1.54, 1.807) is 17.2 Å². The van der Waals surface area contributed by atoms with Crippen LogP contribution in [0.4, 0.5) is 0 Å². The SMILES string of the molecule is CC1=C(N(C(=O)CCl)C2C=CC=CO2)C(C)CC1. The molecule has 0 aromatic rings. The molecule has 18 heavy (non-hydrogen) atoms. The summed E-state index contributed by atoms with van der Waals surface area (Å²) in [6.45, 7) is 4.22. The van der Waals surface area contributed by atoms with Gasteiger partial charge in [-0.15, -0.1) is 11.6 Å². The average Bonchev–Trinajstić information content (AvgIpc) is 2.72. The number of rotatable bonds is 3. The number of allylic oxidation sites excluding steroid dienone is 4. The lowest BCUT2D eigenvalue weighted by Gasteiger charge is -2.33. The summed E-state index contributed by atoms with van der Waals surface area (Å²) in [5, 5.41) is 0. The van der Waals surface area contributed by atoms with Crippen LogP contribution in [-0.2, 0) is 9.53 Å². The van der Waals surface area contributed by atoms with Crippen LogP contribution >= 0.6 is 11.6 Å². The topological polar surface area (TPSA) is 29.5 Å². The van der Waals surface area contributed by atoms with Crippen LogP contribution in [0.25, 0.3) is 0 Å². The highest BCUT2D eigenvalue weighted by Crippen LogP contribution is 2.35. The Labute approximate surface area is 113 Å². The fraction of sp³-hybridized carbons (Fsp3) is 0.500. The van der Waals surface area contributed by atoms with E-state index in [9.17, 15) is 4.79 Å². The third kappa shape index (κ3) is 2.46. The molecule has 0 spiro atoms. The summed E-state index contributed by atoms with van der Waals surface area (Å²) in [4.78, 5) is 13.8. The molecule has 98 valence electrons. The van der Waals surface area contributed by atoms with E-state index < -0.39 is 0 Å². The maximum Gasteiger partial charge on any atom is 0.244 e. The monoisotopic (exact) mass is 267 g/mol. The minimum Gasteiger partial charge on any atom is -0.474 e. The fourth-order valence-corrected chi connectivity index (χ4v) is 2.69. The molecule has 0 aromatic heterocycles. The first-order valence-corrected chi connectivity index (χ1v) is 6.75. The van der Waals surface area contributed by atoms with Gasteiger partial charge in [0.15, 0.2) is 6.23 Å². The largest absolute Gasteiger partial charge is 0.474 e. The second kappa shape index (κ2) is 5.61. The van der Waals surface area contributed by atoms with Gasteiger partial charge in [0.2, 0.25) is 5.91 Å². The van der Waals surface area contributed by atoms with Gasteiger partial charge in [0.05, 0.1) is 6.26 Å². The highest BCUT2D eigenvalue weighted by Gasteiger charge is 2.32. The highest BCUT2D eigenvalue weighted by molar-refractivity contribution is 6.27. The Morgan fingerprint density at radius 2 is 2.33 bits per heavy atom. The summed E-state index contributed by atoms with van der Waals surface area (Å²) in [6.07, 6.45) is 8.92. The molecule has 0 radical (unpaired) electrons. The Bertz CT molecular complexity index is 426. The van der Waals surface area contributed by atoms with Crippen LogP contribution in [0.3, 0.4) is 0 Å². The average molecular weight is 268 g/mol. The molecular weight excluding hydrogens is 250 g/mol. The molecule has 2 atom stereocenters. The first kappa shape index (κ1) is 13.2. The smallest absolute Gasteiger partial charge is 0.244 e. The number of hydrogen-bond acceptors (Lipinski definition) is 2. The predicted molar refractivity (Wildman–Crippen MR) is 71.8 cm³/mol. The molecule has 2 aliphatic rings. The Kier molecular flexibility index (Phi) is 4.12. The lowest BCUT2D eigenvalue weighted by molar-refractivity contribution is -0.133. The summed E-state index contributed by atoms with van der Waals surface area (Å²) in [6, 6.07) is 0. The molecule has 0 fully saturated rings. The number of amides is 1. The van der Waals surface area contributed by atoms with E-state index in [2.05, 4.69) is 13.8 Å². The number of carbonyl (C=O) groups is 1. The summed E-state index contributed by atoms with van der Waals surface area (Å²) in [5.41, 5.74) is 2.33. The molecule has 0 bridgehead atoms. The van der Waals surface area contributed by atoms with Gasteiger partial charge in [-0.3, -0.25) is 9.69 Å². The van der Waals surface area contributed by atoms with Crippen molar-refractivity contribution in [3.05, 3.63) is 35.8 Å². The standard InChI is InChI=1S/C14H18ClNO2/c1-10-6-7-11(2)14(10)16(12(17)9-15)13-5-3-4-8-18-13/h3-5,8,10,13H,6-7,9H2,1-2H3. The van der Waals surface area contributed by atoms with Crippen molar-refractivity contribution < 1.29 is 9.53 Å². The molecule has 2 unspecified atom stereocenters. The van der Waals surface area contributed by atoms with E-state index in [0.29, 0.717) is 5.92 Å². The van der Waals surface area contributed by atoms with Crippen molar-refractivity contribution >= 4 is 17.5 Å². The number of carbonyl (C=O) groups excluding carboxylic acids is 1. The van der Waals surface area contributed by atoms with Crippen molar-refractivity contribution in [3.63, 3.8) is 0 Å². The number of nitrogens with zero attached hydrogens (tertiary/aromatic N) is 1. The molecule has 0 saturated heterocycles. The van der Waals surface area contributed by atoms with E-state index >= 15 is 0 Å². The Morgan fingerprint density at radius 3 is 2.83 bits per heavy atom. The van der Waals surface area contributed by atoms with Crippen LogP contribution in [0, 0.1) is 5.92 Å². The molecule has 4 heteroatoms. The van der Waals surface area contributed by atoms with Crippen molar-refractivity contribution in [1.82, 2.24) is 4.90 Å². The maximum absolute atomic E-state index is 12.1. The minimum atomic E-state index is -0.369. The van der Waals surface area contributed by atoms with Crippen molar-refractivity contribution in [1.29, 1.82) is 0 Å². The molecule has 3 nitrogen and oxygen atoms in total. The van der Waals surface area contributed by atoms with Gasteiger partial charge < -0.3 is 4.74 Å². The quantitative estimate of drug-likeness (QED) is 0.735. The van der Waals surface area contributed by atoms with Crippen molar-refractivity contribution in [3.8, 4) is 0 Å². The van der Waals surface area contributed by atoms with Crippen LogP contribution < -0.4 is 0 Å². The lowest BCUT2D eigenvalue weighted by Crippen LogP contribution is -2.42.